The van der Waals surface area contributed by atoms with Crippen LogP contribution in [-0.2, 0) is 4.79 Å². The van der Waals surface area contributed by atoms with E-state index in [0.717, 1.165) is 69.5 Å². The molecule has 0 unspecified atom stereocenters. The van der Waals surface area contributed by atoms with E-state index < -0.39 is 0 Å². The molecule has 1 aromatic rings. The fraction of sp³-hybridized carbons (Fsp3) is 0.600. The summed E-state index contributed by atoms with van der Waals surface area (Å²) < 4.78 is 0. The van der Waals surface area contributed by atoms with Crippen LogP contribution in [0.1, 0.15) is 51.0 Å². The van der Waals surface area contributed by atoms with Gasteiger partial charge in [0.1, 0.15) is 6.07 Å². The van der Waals surface area contributed by atoms with E-state index in [0.29, 0.717) is 17.7 Å². The summed E-state index contributed by atoms with van der Waals surface area (Å²) >= 11 is 0. The molecule has 0 atom stereocenters. The number of likely N-dealkylation sites (tertiary alicyclic amines) is 1. The molecule has 24 heavy (non-hydrogen) atoms. The van der Waals surface area contributed by atoms with E-state index in [1.54, 1.807) is 0 Å². The van der Waals surface area contributed by atoms with E-state index >= 15 is 0 Å². The van der Waals surface area contributed by atoms with Gasteiger partial charge in [-0.2, -0.15) is 5.26 Å². The average molecular weight is 325 g/mol. The number of carbonyl (C=O) groups excluding carboxylic acids is 1. The van der Waals surface area contributed by atoms with E-state index in [-0.39, 0.29) is 0 Å². The summed E-state index contributed by atoms with van der Waals surface area (Å²) in [5.74, 6) is 0.339. The SMILES string of the molecule is CCCCC(=O)N1CCC2(CCN(c3ccccc3C#N)CC2)C1. The Morgan fingerprint density at radius 1 is 1.21 bits per heavy atom. The van der Waals surface area contributed by atoms with E-state index in [4.69, 9.17) is 0 Å². The molecule has 2 aliphatic heterocycles. The van der Waals surface area contributed by atoms with Crippen LogP contribution >= 0.6 is 0 Å². The number of piperidine rings is 1. The highest BCUT2D eigenvalue weighted by Gasteiger charge is 2.41. The Bertz CT molecular complexity index is 626. The van der Waals surface area contributed by atoms with Crippen LogP contribution < -0.4 is 4.90 Å². The Labute approximate surface area is 145 Å². The molecule has 1 aromatic carbocycles. The largest absolute Gasteiger partial charge is 0.370 e. The lowest BCUT2D eigenvalue weighted by Crippen LogP contribution is -2.42. The summed E-state index contributed by atoms with van der Waals surface area (Å²) in [5.41, 5.74) is 2.12. The molecule has 2 heterocycles. The molecule has 0 N–H and O–H groups in total. The molecule has 3 rings (SSSR count). The molecule has 0 aromatic heterocycles. The number of anilines is 1. The van der Waals surface area contributed by atoms with Crippen molar-refractivity contribution in [2.75, 3.05) is 31.1 Å². The average Bonchev–Trinajstić information content (AvgIpc) is 3.04. The summed E-state index contributed by atoms with van der Waals surface area (Å²) in [6, 6.07) is 10.2. The van der Waals surface area contributed by atoms with Gasteiger partial charge in [0.15, 0.2) is 0 Å². The van der Waals surface area contributed by atoms with Gasteiger partial charge in [-0.05, 0) is 43.2 Å². The topological polar surface area (TPSA) is 47.3 Å². The zero-order valence-corrected chi connectivity index (χ0v) is 14.6. The maximum atomic E-state index is 12.3. The van der Waals surface area contributed by atoms with Crippen molar-refractivity contribution in [1.29, 1.82) is 5.26 Å². The Balaban J connectivity index is 1.59. The highest BCUT2D eigenvalue weighted by atomic mass is 16.2. The van der Waals surface area contributed by atoms with Crippen LogP contribution in [0.4, 0.5) is 5.69 Å². The summed E-state index contributed by atoms with van der Waals surface area (Å²) in [4.78, 5) is 16.7. The molecule has 2 fully saturated rings. The van der Waals surface area contributed by atoms with Crippen LogP contribution in [0.5, 0.6) is 0 Å². The van der Waals surface area contributed by atoms with Crippen LogP contribution in [0, 0.1) is 16.7 Å². The quantitative estimate of drug-likeness (QED) is 0.850. The van der Waals surface area contributed by atoms with Gasteiger partial charge < -0.3 is 9.80 Å². The molecule has 1 amide bonds. The smallest absolute Gasteiger partial charge is 0.222 e. The summed E-state index contributed by atoms with van der Waals surface area (Å²) in [6.07, 6.45) is 6.15. The number of unbranched alkanes of at least 4 members (excludes halogenated alkanes) is 1. The van der Waals surface area contributed by atoms with E-state index in [2.05, 4.69) is 22.8 Å². The van der Waals surface area contributed by atoms with E-state index in [1.807, 2.05) is 24.3 Å². The van der Waals surface area contributed by atoms with Crippen molar-refractivity contribution < 1.29 is 4.79 Å². The van der Waals surface area contributed by atoms with E-state index in [1.165, 1.54) is 0 Å². The van der Waals surface area contributed by atoms with Crippen LogP contribution in [0.25, 0.3) is 0 Å². The minimum Gasteiger partial charge on any atom is -0.370 e. The van der Waals surface area contributed by atoms with Gasteiger partial charge in [-0.25, -0.2) is 0 Å². The molecule has 1 spiro atoms. The maximum absolute atomic E-state index is 12.3. The number of hydrogen-bond acceptors (Lipinski definition) is 3. The van der Waals surface area contributed by atoms with Gasteiger partial charge in [-0.3, -0.25) is 4.79 Å². The molecular formula is C20H27N3O. The van der Waals surface area contributed by atoms with Crippen molar-refractivity contribution in [2.24, 2.45) is 5.41 Å². The highest BCUT2D eigenvalue weighted by Crippen LogP contribution is 2.41. The normalized spacial score (nSPS) is 19.5. The van der Waals surface area contributed by atoms with Crippen LogP contribution in [0.2, 0.25) is 0 Å². The summed E-state index contributed by atoms with van der Waals surface area (Å²) in [6.45, 7) is 5.96. The number of rotatable bonds is 4. The fourth-order valence-electron chi connectivity index (χ4n) is 4.11. The molecule has 0 saturated carbocycles. The van der Waals surface area contributed by atoms with Crippen molar-refractivity contribution >= 4 is 11.6 Å². The standard InChI is InChI=1S/C20H27N3O/c1-2-3-8-19(24)23-14-11-20(16-23)9-12-22(13-10-20)18-7-5-4-6-17(18)15-21/h4-7H,2-3,8-14,16H2,1H3. The number of amides is 1. The fourth-order valence-corrected chi connectivity index (χ4v) is 4.11. The number of benzene rings is 1. The summed E-state index contributed by atoms with van der Waals surface area (Å²) in [5, 5.41) is 9.30. The van der Waals surface area contributed by atoms with Crippen molar-refractivity contribution in [1.82, 2.24) is 4.90 Å². The molecule has 0 radical (unpaired) electrons. The molecule has 2 saturated heterocycles. The summed E-state index contributed by atoms with van der Waals surface area (Å²) in [7, 11) is 0. The number of para-hydroxylation sites is 1. The molecule has 4 heteroatoms. The van der Waals surface area contributed by atoms with Crippen molar-refractivity contribution in [3.05, 3.63) is 29.8 Å². The molecular weight excluding hydrogens is 298 g/mol. The Kier molecular flexibility index (Phi) is 5.08. The van der Waals surface area contributed by atoms with Gasteiger partial charge in [0.25, 0.3) is 0 Å². The predicted molar refractivity (Wildman–Crippen MR) is 95.8 cm³/mol. The molecule has 0 aliphatic carbocycles. The zero-order chi connectivity index (χ0) is 17.0. The zero-order valence-electron chi connectivity index (χ0n) is 14.6. The van der Waals surface area contributed by atoms with Crippen LogP contribution in [0.3, 0.4) is 0 Å². The van der Waals surface area contributed by atoms with Crippen molar-refractivity contribution in [2.45, 2.75) is 45.4 Å². The molecule has 128 valence electrons. The first-order valence-electron chi connectivity index (χ1n) is 9.19. The third-order valence-electron chi connectivity index (χ3n) is 5.72. The van der Waals surface area contributed by atoms with Crippen molar-refractivity contribution in [3.63, 3.8) is 0 Å². The van der Waals surface area contributed by atoms with Gasteiger partial charge in [0.2, 0.25) is 5.91 Å². The first kappa shape index (κ1) is 16.8. The Morgan fingerprint density at radius 2 is 1.92 bits per heavy atom. The van der Waals surface area contributed by atoms with Gasteiger partial charge in [0, 0.05) is 32.6 Å². The monoisotopic (exact) mass is 325 g/mol. The van der Waals surface area contributed by atoms with Gasteiger partial charge in [0.05, 0.1) is 11.3 Å². The third-order valence-corrected chi connectivity index (χ3v) is 5.72. The minimum absolute atomic E-state index is 0.306. The second-order valence-electron chi connectivity index (χ2n) is 7.28. The number of nitriles is 1. The van der Waals surface area contributed by atoms with Gasteiger partial charge >= 0.3 is 0 Å². The number of carbonyl (C=O) groups is 1. The van der Waals surface area contributed by atoms with Gasteiger partial charge in [-0.15, -0.1) is 0 Å². The third kappa shape index (κ3) is 3.40. The Morgan fingerprint density at radius 3 is 2.62 bits per heavy atom. The second kappa shape index (κ2) is 7.25. The minimum atomic E-state index is 0.306. The molecule has 4 nitrogen and oxygen atoms in total. The van der Waals surface area contributed by atoms with Crippen molar-refractivity contribution in [3.8, 4) is 6.07 Å². The lowest BCUT2D eigenvalue weighted by molar-refractivity contribution is -0.130. The number of hydrogen-bond donors (Lipinski definition) is 0. The first-order valence-corrected chi connectivity index (χ1v) is 9.19. The second-order valence-corrected chi connectivity index (χ2v) is 7.28. The lowest BCUT2D eigenvalue weighted by atomic mass is 9.77. The predicted octanol–water partition coefficient (Wildman–Crippen LogP) is 3.57. The van der Waals surface area contributed by atoms with Gasteiger partial charge in [-0.1, -0.05) is 25.5 Å². The number of nitrogens with zero attached hydrogens (tertiary/aromatic N) is 3. The first-order chi connectivity index (χ1) is 11.7. The highest BCUT2D eigenvalue weighted by molar-refractivity contribution is 5.76. The van der Waals surface area contributed by atoms with Crippen LogP contribution in [0.15, 0.2) is 24.3 Å². The maximum Gasteiger partial charge on any atom is 0.222 e. The molecule has 0 bridgehead atoms. The molecule has 2 aliphatic rings. The van der Waals surface area contributed by atoms with Crippen LogP contribution in [-0.4, -0.2) is 37.0 Å². The Hall–Kier alpha value is -2.02. The van der Waals surface area contributed by atoms with E-state index in [9.17, 15) is 10.1 Å². The lowest BCUT2D eigenvalue weighted by Gasteiger charge is -2.40.